The zero-order chi connectivity index (χ0) is 29.4. The van der Waals surface area contributed by atoms with Crippen molar-refractivity contribution in [1.82, 2.24) is 14.9 Å². The first-order chi connectivity index (χ1) is 20.4. The Labute approximate surface area is 249 Å². The summed E-state index contributed by atoms with van der Waals surface area (Å²) < 4.78 is 23.9. The Bertz CT molecular complexity index is 1660. The van der Waals surface area contributed by atoms with Crippen LogP contribution in [0, 0.1) is 13.8 Å². The molecule has 1 fully saturated rings. The number of anilines is 2. The lowest BCUT2D eigenvalue weighted by Crippen LogP contribution is -2.29. The summed E-state index contributed by atoms with van der Waals surface area (Å²) in [4.78, 5) is 19.2. The number of ether oxygens (including phenoxy) is 4. The molecule has 0 bridgehead atoms. The van der Waals surface area contributed by atoms with E-state index in [1.165, 1.54) is 7.11 Å². The number of carbonyl (C=O) groups excluding carboxylic acids is 1. The molecule has 11 heteroatoms. The van der Waals surface area contributed by atoms with Gasteiger partial charge >= 0.3 is 0 Å². The number of rotatable bonds is 8. The Kier molecular flexibility index (Phi) is 7.44. The number of benzene rings is 2. The number of pyridine rings is 1. The Balaban J connectivity index is 1.47. The maximum atomic E-state index is 12.4. The van der Waals surface area contributed by atoms with Gasteiger partial charge in [-0.15, -0.1) is 0 Å². The average molecular weight is 586 g/mol. The normalized spacial score (nSPS) is 17.3. The molecule has 2 unspecified atom stereocenters. The van der Waals surface area contributed by atoms with E-state index in [0.29, 0.717) is 16.5 Å². The third kappa shape index (κ3) is 4.90. The maximum Gasteiger partial charge on any atom is 0.250 e. The highest BCUT2D eigenvalue weighted by atomic mass is 32.1. The van der Waals surface area contributed by atoms with E-state index in [-0.39, 0.29) is 31.4 Å². The van der Waals surface area contributed by atoms with Crippen LogP contribution in [-0.2, 0) is 9.53 Å². The SMILES string of the molecule is COCC(=O)Nc1cc(N2C(=S)NC(c3ccccn3)C2c2cc(C)n(-c3ccc4c(c3)OCO4)c2C)ccc1OC. The van der Waals surface area contributed by atoms with Crippen LogP contribution in [0.3, 0.4) is 0 Å². The largest absolute Gasteiger partial charge is 0.495 e. The number of thiocarbonyl (C=S) groups is 1. The van der Waals surface area contributed by atoms with Gasteiger partial charge in [0.15, 0.2) is 16.6 Å². The highest BCUT2D eigenvalue weighted by molar-refractivity contribution is 7.80. The summed E-state index contributed by atoms with van der Waals surface area (Å²) in [7, 11) is 3.04. The van der Waals surface area contributed by atoms with Crippen LogP contribution in [0.5, 0.6) is 17.2 Å². The van der Waals surface area contributed by atoms with Crippen LogP contribution in [0.15, 0.2) is 66.9 Å². The number of aromatic nitrogens is 2. The fraction of sp³-hybridized carbons (Fsp3) is 0.258. The van der Waals surface area contributed by atoms with Gasteiger partial charge in [0.25, 0.3) is 0 Å². The lowest BCUT2D eigenvalue weighted by molar-refractivity contribution is -0.119. The van der Waals surface area contributed by atoms with Crippen molar-refractivity contribution < 1.29 is 23.7 Å². The molecule has 0 aliphatic carbocycles. The van der Waals surface area contributed by atoms with Crippen molar-refractivity contribution in [2.45, 2.75) is 25.9 Å². The van der Waals surface area contributed by atoms with E-state index in [2.05, 4.69) is 45.0 Å². The van der Waals surface area contributed by atoms with Crippen LogP contribution in [-0.4, -0.2) is 48.2 Å². The summed E-state index contributed by atoms with van der Waals surface area (Å²) in [5, 5.41) is 6.95. The highest BCUT2D eigenvalue weighted by Crippen LogP contribution is 2.45. The molecule has 2 aliphatic heterocycles. The fourth-order valence-corrected chi connectivity index (χ4v) is 6.06. The number of aryl methyl sites for hydroxylation is 1. The molecule has 2 N–H and O–H groups in total. The number of nitrogens with one attached hydrogen (secondary N) is 2. The lowest BCUT2D eigenvalue weighted by atomic mass is 9.96. The lowest BCUT2D eigenvalue weighted by Gasteiger charge is -2.29. The Morgan fingerprint density at radius 3 is 2.64 bits per heavy atom. The van der Waals surface area contributed by atoms with Crippen molar-refractivity contribution >= 4 is 34.6 Å². The predicted molar refractivity (Wildman–Crippen MR) is 163 cm³/mol. The smallest absolute Gasteiger partial charge is 0.250 e. The molecule has 42 heavy (non-hydrogen) atoms. The molecule has 10 nitrogen and oxygen atoms in total. The van der Waals surface area contributed by atoms with E-state index < -0.39 is 0 Å². The summed E-state index contributed by atoms with van der Waals surface area (Å²) in [6.45, 7) is 4.33. The Morgan fingerprint density at radius 1 is 1.07 bits per heavy atom. The summed E-state index contributed by atoms with van der Waals surface area (Å²) >= 11 is 5.95. The molecule has 2 aromatic carbocycles. The minimum absolute atomic E-state index is 0.0761. The molecule has 4 aromatic rings. The molecular formula is C31H31N5O5S. The minimum Gasteiger partial charge on any atom is -0.495 e. The fourth-order valence-electron chi connectivity index (χ4n) is 5.72. The second-order valence-corrected chi connectivity index (χ2v) is 10.4. The second-order valence-electron chi connectivity index (χ2n) is 10.1. The van der Waals surface area contributed by atoms with Gasteiger partial charge in [-0.25, -0.2) is 0 Å². The first-order valence-corrected chi connectivity index (χ1v) is 13.9. The molecule has 1 saturated heterocycles. The molecule has 6 rings (SSSR count). The van der Waals surface area contributed by atoms with Gasteiger partial charge in [0.2, 0.25) is 12.7 Å². The van der Waals surface area contributed by atoms with Gasteiger partial charge in [-0.2, -0.15) is 0 Å². The third-order valence-electron chi connectivity index (χ3n) is 7.51. The summed E-state index contributed by atoms with van der Waals surface area (Å²) in [6, 6.07) is 19.1. The number of fused-ring (bicyclic) bond motifs is 1. The van der Waals surface area contributed by atoms with Gasteiger partial charge in [0.1, 0.15) is 12.4 Å². The molecular weight excluding hydrogens is 554 g/mol. The zero-order valence-electron chi connectivity index (χ0n) is 23.7. The highest BCUT2D eigenvalue weighted by Gasteiger charge is 2.42. The van der Waals surface area contributed by atoms with Crippen LogP contribution >= 0.6 is 12.2 Å². The molecule has 4 heterocycles. The van der Waals surface area contributed by atoms with E-state index in [1.54, 1.807) is 13.3 Å². The maximum absolute atomic E-state index is 12.4. The molecule has 1 amide bonds. The molecule has 2 atom stereocenters. The number of hydrogen-bond acceptors (Lipinski definition) is 7. The Hall–Kier alpha value is -4.61. The van der Waals surface area contributed by atoms with Crippen molar-refractivity contribution in [3.05, 3.63) is 89.5 Å². The second kappa shape index (κ2) is 11.3. The number of hydrogen-bond donors (Lipinski definition) is 2. The van der Waals surface area contributed by atoms with Crippen molar-refractivity contribution in [3.63, 3.8) is 0 Å². The van der Waals surface area contributed by atoms with Crippen LogP contribution in [0.1, 0.15) is 34.7 Å². The van der Waals surface area contributed by atoms with E-state index in [9.17, 15) is 4.79 Å². The predicted octanol–water partition coefficient (Wildman–Crippen LogP) is 4.99. The average Bonchev–Trinajstić information content (AvgIpc) is 3.68. The Morgan fingerprint density at radius 2 is 1.88 bits per heavy atom. The molecule has 0 saturated carbocycles. The standard InChI is InChI=1S/C31H31N5O5S/c1-18-13-22(19(2)35(18)21-9-11-26-27(15-21)41-17-40-26)30-29(23-7-5-6-12-32-23)34-31(42)36(30)20-8-10-25(39-4)24(14-20)33-28(37)16-38-3/h5-15,29-30H,16-17H2,1-4H3,(H,33,37)(H,34,42). The number of amides is 1. The number of methoxy groups -OCH3 is 2. The zero-order valence-corrected chi connectivity index (χ0v) is 24.5. The van der Waals surface area contributed by atoms with Crippen LogP contribution in [0.25, 0.3) is 5.69 Å². The molecule has 0 radical (unpaired) electrons. The van der Waals surface area contributed by atoms with E-state index in [4.69, 9.17) is 31.2 Å². The quantitative estimate of drug-likeness (QED) is 0.277. The van der Waals surface area contributed by atoms with E-state index in [1.807, 2.05) is 54.6 Å². The number of nitrogens with zero attached hydrogens (tertiary/aromatic N) is 3. The molecule has 2 aliphatic rings. The van der Waals surface area contributed by atoms with Crippen molar-refractivity contribution in [2.24, 2.45) is 0 Å². The van der Waals surface area contributed by atoms with Crippen LogP contribution in [0.2, 0.25) is 0 Å². The van der Waals surface area contributed by atoms with E-state index in [0.717, 1.165) is 45.5 Å². The van der Waals surface area contributed by atoms with Gasteiger partial charge in [0.05, 0.1) is 30.6 Å². The molecule has 216 valence electrons. The first-order valence-electron chi connectivity index (χ1n) is 13.5. The monoisotopic (exact) mass is 585 g/mol. The van der Waals surface area contributed by atoms with Gasteiger partial charge in [-0.1, -0.05) is 6.07 Å². The van der Waals surface area contributed by atoms with Crippen molar-refractivity contribution in [3.8, 4) is 22.9 Å². The van der Waals surface area contributed by atoms with Gasteiger partial charge < -0.3 is 39.0 Å². The van der Waals surface area contributed by atoms with Gasteiger partial charge in [-0.3, -0.25) is 9.78 Å². The summed E-state index contributed by atoms with van der Waals surface area (Å²) in [5.41, 5.74) is 6.33. The topological polar surface area (TPSA) is 99.1 Å². The summed E-state index contributed by atoms with van der Waals surface area (Å²) in [6.07, 6.45) is 1.78. The molecule has 0 spiro atoms. The summed E-state index contributed by atoms with van der Waals surface area (Å²) in [5.74, 6) is 1.70. The molecule has 2 aromatic heterocycles. The third-order valence-corrected chi connectivity index (χ3v) is 7.83. The minimum atomic E-state index is -0.287. The number of carbonyl (C=O) groups is 1. The van der Waals surface area contributed by atoms with Crippen molar-refractivity contribution in [2.75, 3.05) is 37.8 Å². The van der Waals surface area contributed by atoms with Gasteiger partial charge in [-0.05, 0) is 80.2 Å². The van der Waals surface area contributed by atoms with Crippen LogP contribution in [0.4, 0.5) is 11.4 Å². The van der Waals surface area contributed by atoms with E-state index >= 15 is 0 Å². The van der Waals surface area contributed by atoms with Gasteiger partial charge in [0, 0.05) is 42.1 Å². The first kappa shape index (κ1) is 27.6. The van der Waals surface area contributed by atoms with Crippen LogP contribution < -0.4 is 29.7 Å². The van der Waals surface area contributed by atoms with Crippen molar-refractivity contribution in [1.29, 1.82) is 0 Å².